The molecule has 7 heteroatoms. The van der Waals surface area contributed by atoms with E-state index < -0.39 is 17.6 Å². The van der Waals surface area contributed by atoms with Gasteiger partial charge in [0.05, 0.1) is 0 Å². The van der Waals surface area contributed by atoms with Gasteiger partial charge in [-0.05, 0) is 36.6 Å². The Labute approximate surface area is 142 Å². The van der Waals surface area contributed by atoms with Crippen LogP contribution in [0.1, 0.15) is 23.3 Å². The molecule has 1 aliphatic rings. The summed E-state index contributed by atoms with van der Waals surface area (Å²) in [6, 6.07) is 10.2. The quantitative estimate of drug-likeness (QED) is 0.809. The molecule has 3 rings (SSSR count). The zero-order valence-electron chi connectivity index (χ0n) is 12.8. The number of aromatic nitrogens is 1. The molecule has 0 atom stereocenters. The Kier molecular flexibility index (Phi) is 4.03. The predicted octanol–water partition coefficient (Wildman–Crippen LogP) is 4.57. The SMILES string of the molecule is CN(C(=O)c1ccc(-c2cccc(Cl)c2)cn1)C1(C(F)(F)F)CC1. The second-order valence-electron chi connectivity index (χ2n) is 5.84. The van der Waals surface area contributed by atoms with Crippen LogP contribution in [0.4, 0.5) is 13.2 Å². The van der Waals surface area contributed by atoms with E-state index in [1.165, 1.54) is 19.3 Å². The maximum absolute atomic E-state index is 13.1. The zero-order valence-corrected chi connectivity index (χ0v) is 13.5. The molecule has 2 aromatic rings. The summed E-state index contributed by atoms with van der Waals surface area (Å²) in [6.45, 7) is 0. The number of alkyl halides is 3. The maximum atomic E-state index is 13.1. The summed E-state index contributed by atoms with van der Waals surface area (Å²) in [5, 5.41) is 0.563. The van der Waals surface area contributed by atoms with Crippen LogP contribution in [0.2, 0.25) is 5.02 Å². The Morgan fingerprint density at radius 2 is 1.92 bits per heavy atom. The highest BCUT2D eigenvalue weighted by Crippen LogP contribution is 2.53. The van der Waals surface area contributed by atoms with E-state index in [9.17, 15) is 18.0 Å². The van der Waals surface area contributed by atoms with Crippen molar-refractivity contribution in [1.82, 2.24) is 9.88 Å². The van der Waals surface area contributed by atoms with Crippen LogP contribution in [0.5, 0.6) is 0 Å². The lowest BCUT2D eigenvalue weighted by Gasteiger charge is -2.29. The molecule has 0 saturated heterocycles. The number of pyridine rings is 1. The highest BCUT2D eigenvalue weighted by molar-refractivity contribution is 6.30. The molecule has 0 N–H and O–H groups in total. The first-order chi connectivity index (χ1) is 11.2. The van der Waals surface area contributed by atoms with Gasteiger partial charge in [0.1, 0.15) is 11.2 Å². The van der Waals surface area contributed by atoms with Gasteiger partial charge in [0, 0.05) is 23.8 Å². The largest absolute Gasteiger partial charge is 0.411 e. The van der Waals surface area contributed by atoms with E-state index >= 15 is 0 Å². The monoisotopic (exact) mass is 354 g/mol. The lowest BCUT2D eigenvalue weighted by molar-refractivity contribution is -0.185. The van der Waals surface area contributed by atoms with Crippen molar-refractivity contribution in [1.29, 1.82) is 0 Å². The Bertz CT molecular complexity index is 770. The van der Waals surface area contributed by atoms with E-state index in [-0.39, 0.29) is 18.5 Å². The molecule has 0 unspecified atom stereocenters. The molecule has 1 aromatic carbocycles. The summed E-state index contributed by atoms with van der Waals surface area (Å²) in [6.07, 6.45) is -3.11. The fourth-order valence-corrected chi connectivity index (χ4v) is 2.84. The van der Waals surface area contributed by atoms with E-state index in [1.807, 2.05) is 6.07 Å². The molecule has 1 aliphatic carbocycles. The Balaban J connectivity index is 1.82. The average molecular weight is 355 g/mol. The van der Waals surface area contributed by atoms with Crippen LogP contribution < -0.4 is 0 Å². The second-order valence-corrected chi connectivity index (χ2v) is 6.27. The van der Waals surface area contributed by atoms with Crippen LogP contribution in [-0.4, -0.2) is 34.6 Å². The number of amides is 1. The van der Waals surface area contributed by atoms with Crippen molar-refractivity contribution in [3.8, 4) is 11.1 Å². The van der Waals surface area contributed by atoms with Gasteiger partial charge in [-0.1, -0.05) is 29.8 Å². The van der Waals surface area contributed by atoms with Gasteiger partial charge in [0.25, 0.3) is 5.91 Å². The Morgan fingerprint density at radius 1 is 1.21 bits per heavy atom. The summed E-state index contributed by atoms with van der Waals surface area (Å²) in [4.78, 5) is 17.1. The van der Waals surface area contributed by atoms with Gasteiger partial charge >= 0.3 is 6.18 Å². The van der Waals surface area contributed by atoms with Crippen LogP contribution >= 0.6 is 11.6 Å². The summed E-state index contributed by atoms with van der Waals surface area (Å²) >= 11 is 5.93. The van der Waals surface area contributed by atoms with Crippen molar-refractivity contribution in [3.63, 3.8) is 0 Å². The molecule has 0 bridgehead atoms. The Hall–Kier alpha value is -2.08. The fraction of sp³-hybridized carbons (Fsp3) is 0.294. The minimum atomic E-state index is -4.43. The molecule has 3 nitrogen and oxygen atoms in total. The van der Waals surface area contributed by atoms with Crippen molar-refractivity contribution in [2.45, 2.75) is 24.6 Å². The summed E-state index contributed by atoms with van der Waals surface area (Å²) in [7, 11) is 1.18. The van der Waals surface area contributed by atoms with Crippen molar-refractivity contribution < 1.29 is 18.0 Å². The van der Waals surface area contributed by atoms with Crippen LogP contribution in [0, 0.1) is 0 Å². The fourth-order valence-electron chi connectivity index (χ4n) is 2.65. The van der Waals surface area contributed by atoms with Gasteiger partial charge in [-0.25, -0.2) is 0 Å². The van der Waals surface area contributed by atoms with Gasteiger partial charge < -0.3 is 4.90 Å². The molecule has 1 amide bonds. The number of carbonyl (C=O) groups excluding carboxylic acids is 1. The third kappa shape index (κ3) is 2.86. The molecule has 1 fully saturated rings. The topological polar surface area (TPSA) is 33.2 Å². The van der Waals surface area contributed by atoms with Crippen LogP contribution in [0.3, 0.4) is 0 Å². The molecule has 1 heterocycles. The summed E-state index contributed by atoms with van der Waals surface area (Å²) in [5.41, 5.74) is -0.513. The molecule has 0 aliphatic heterocycles. The van der Waals surface area contributed by atoms with E-state index in [0.29, 0.717) is 5.02 Å². The number of hydrogen-bond donors (Lipinski definition) is 0. The van der Waals surface area contributed by atoms with Crippen LogP contribution in [0.25, 0.3) is 11.1 Å². The van der Waals surface area contributed by atoms with Crippen LogP contribution in [-0.2, 0) is 0 Å². The number of hydrogen-bond acceptors (Lipinski definition) is 2. The second kappa shape index (κ2) is 5.77. The standard InChI is InChI=1S/C17H14ClF3N2O/c1-23(16(7-8-16)17(19,20)21)15(24)14-6-5-12(10-22-14)11-3-2-4-13(18)9-11/h2-6,9-10H,7-8H2,1H3. The molecule has 1 saturated carbocycles. The smallest absolute Gasteiger partial charge is 0.326 e. The molecule has 0 spiro atoms. The molecular formula is C17H14ClF3N2O. The van der Waals surface area contributed by atoms with E-state index in [0.717, 1.165) is 16.0 Å². The molecular weight excluding hydrogens is 341 g/mol. The zero-order chi connectivity index (χ0) is 17.5. The molecule has 0 radical (unpaired) electrons. The van der Waals surface area contributed by atoms with Gasteiger partial charge in [0.15, 0.2) is 0 Å². The van der Waals surface area contributed by atoms with E-state index in [2.05, 4.69) is 4.98 Å². The lowest BCUT2D eigenvalue weighted by Crippen LogP contribution is -2.49. The maximum Gasteiger partial charge on any atom is 0.411 e. The summed E-state index contributed by atoms with van der Waals surface area (Å²) in [5.74, 6) is -0.734. The minimum absolute atomic E-state index is 0.0150. The number of rotatable bonds is 3. The molecule has 1 aromatic heterocycles. The van der Waals surface area contributed by atoms with Gasteiger partial charge in [-0.3, -0.25) is 9.78 Å². The molecule has 126 valence electrons. The van der Waals surface area contributed by atoms with E-state index in [1.54, 1.807) is 24.3 Å². The van der Waals surface area contributed by atoms with E-state index in [4.69, 9.17) is 11.6 Å². The predicted molar refractivity (Wildman–Crippen MR) is 84.8 cm³/mol. The average Bonchev–Trinajstić information content (AvgIpc) is 3.35. The normalized spacial score (nSPS) is 15.9. The van der Waals surface area contributed by atoms with Crippen molar-refractivity contribution in [3.05, 3.63) is 53.3 Å². The first-order valence-electron chi connectivity index (χ1n) is 7.31. The van der Waals surface area contributed by atoms with Crippen molar-refractivity contribution in [2.24, 2.45) is 0 Å². The summed E-state index contributed by atoms with van der Waals surface area (Å²) < 4.78 is 39.4. The van der Waals surface area contributed by atoms with Crippen molar-refractivity contribution in [2.75, 3.05) is 7.05 Å². The highest BCUT2D eigenvalue weighted by Gasteiger charge is 2.67. The number of nitrogens with zero attached hydrogens (tertiary/aromatic N) is 2. The Morgan fingerprint density at radius 3 is 2.42 bits per heavy atom. The van der Waals surface area contributed by atoms with Gasteiger partial charge in [-0.2, -0.15) is 13.2 Å². The third-order valence-electron chi connectivity index (χ3n) is 4.34. The number of benzene rings is 1. The number of halogens is 4. The highest BCUT2D eigenvalue weighted by atomic mass is 35.5. The van der Waals surface area contributed by atoms with Crippen molar-refractivity contribution >= 4 is 17.5 Å². The number of carbonyl (C=O) groups is 1. The van der Waals surface area contributed by atoms with Crippen LogP contribution in [0.15, 0.2) is 42.6 Å². The first-order valence-corrected chi connectivity index (χ1v) is 7.69. The van der Waals surface area contributed by atoms with Gasteiger partial charge in [0.2, 0.25) is 0 Å². The van der Waals surface area contributed by atoms with Gasteiger partial charge in [-0.15, -0.1) is 0 Å². The first kappa shape index (κ1) is 16.8. The third-order valence-corrected chi connectivity index (χ3v) is 4.57. The lowest BCUT2D eigenvalue weighted by atomic mass is 10.1. The molecule has 24 heavy (non-hydrogen) atoms. The minimum Gasteiger partial charge on any atom is -0.326 e.